The van der Waals surface area contributed by atoms with E-state index in [9.17, 15) is 8.78 Å². The minimum atomic E-state index is -2.83. The van der Waals surface area contributed by atoms with Gasteiger partial charge in [-0.05, 0) is 29.8 Å². The van der Waals surface area contributed by atoms with Gasteiger partial charge in [0, 0.05) is 30.7 Å². The first-order valence-electron chi connectivity index (χ1n) is 8.22. The minimum absolute atomic E-state index is 0.0150. The number of benzene rings is 1. The Labute approximate surface area is 157 Å². The lowest BCUT2D eigenvalue weighted by Crippen LogP contribution is -2.02. The maximum atomic E-state index is 12.7. The lowest BCUT2D eigenvalue weighted by molar-refractivity contribution is 0.116. The molecule has 0 unspecified atom stereocenters. The third kappa shape index (κ3) is 3.48. The minimum Gasteiger partial charge on any atom is -0.415 e. The average Bonchev–Trinajstić information content (AvgIpc) is 3.38. The number of hydrogen-bond donors (Lipinski definition) is 0. The van der Waals surface area contributed by atoms with Crippen molar-refractivity contribution in [3.63, 3.8) is 0 Å². The van der Waals surface area contributed by atoms with Gasteiger partial charge >= 0.3 is 6.43 Å². The van der Waals surface area contributed by atoms with Crippen LogP contribution in [0.1, 0.15) is 23.4 Å². The van der Waals surface area contributed by atoms with Crippen LogP contribution in [-0.2, 0) is 6.54 Å². The number of nitriles is 1. The fourth-order valence-electron chi connectivity index (χ4n) is 2.73. The van der Waals surface area contributed by atoms with E-state index in [1.807, 2.05) is 16.7 Å². The largest absolute Gasteiger partial charge is 0.415 e. The molecule has 0 atom stereocenters. The zero-order chi connectivity index (χ0) is 19.5. The van der Waals surface area contributed by atoms with E-state index in [1.54, 1.807) is 36.7 Å². The highest BCUT2D eigenvalue weighted by Gasteiger charge is 2.18. The smallest absolute Gasteiger partial charge is 0.314 e. The molecule has 7 nitrogen and oxygen atoms in total. The molecule has 0 aliphatic heterocycles. The first-order chi connectivity index (χ1) is 13.6. The van der Waals surface area contributed by atoms with E-state index < -0.39 is 12.3 Å². The van der Waals surface area contributed by atoms with Gasteiger partial charge in [-0.1, -0.05) is 12.1 Å². The second-order valence-electron chi connectivity index (χ2n) is 5.87. The molecule has 0 bridgehead atoms. The zero-order valence-electron chi connectivity index (χ0n) is 14.3. The van der Waals surface area contributed by atoms with Crippen molar-refractivity contribution in [2.24, 2.45) is 0 Å². The summed E-state index contributed by atoms with van der Waals surface area (Å²) < 4.78 is 32.2. The first-order valence-corrected chi connectivity index (χ1v) is 8.22. The highest BCUT2D eigenvalue weighted by molar-refractivity contribution is 5.61. The second kappa shape index (κ2) is 7.36. The van der Waals surface area contributed by atoms with Crippen LogP contribution >= 0.6 is 0 Å². The number of nitrogens with zero attached hydrogens (tertiary/aromatic N) is 6. The van der Waals surface area contributed by atoms with Crippen LogP contribution < -0.4 is 0 Å². The molecule has 0 saturated carbocycles. The molecule has 0 aliphatic carbocycles. The van der Waals surface area contributed by atoms with Crippen molar-refractivity contribution in [1.29, 1.82) is 5.26 Å². The Balaban J connectivity index is 1.65. The van der Waals surface area contributed by atoms with Gasteiger partial charge in [-0.25, -0.2) is 4.98 Å². The molecule has 0 amide bonds. The molecule has 0 radical (unpaired) electrons. The van der Waals surface area contributed by atoms with Gasteiger partial charge in [0.2, 0.25) is 5.89 Å². The summed E-state index contributed by atoms with van der Waals surface area (Å²) >= 11 is 0. The van der Waals surface area contributed by atoms with Crippen molar-refractivity contribution >= 4 is 0 Å². The van der Waals surface area contributed by atoms with Crippen molar-refractivity contribution < 1.29 is 13.2 Å². The normalized spacial score (nSPS) is 10.9. The van der Waals surface area contributed by atoms with Crippen LogP contribution in [0.15, 0.2) is 59.4 Å². The van der Waals surface area contributed by atoms with Crippen molar-refractivity contribution in [2.45, 2.75) is 13.0 Å². The number of alkyl halides is 2. The summed E-state index contributed by atoms with van der Waals surface area (Å²) in [6, 6.07) is 12.6. The standard InChI is InChI=1S/C19H12F2N6O/c20-16(21)19-26-25-18(28-19)14-4-5-23-15(9-14)17-24-6-7-27(17)11-13-3-1-2-12(8-13)10-22/h1-9,16H,11H2. The SMILES string of the molecule is N#Cc1cccc(Cn2ccnc2-c2cc(-c3nnc(C(F)F)o3)ccn2)c1. The Bertz CT molecular complexity index is 1160. The molecule has 3 aromatic heterocycles. The van der Waals surface area contributed by atoms with Gasteiger partial charge in [0.15, 0.2) is 5.82 Å². The highest BCUT2D eigenvalue weighted by atomic mass is 19.3. The monoisotopic (exact) mass is 378 g/mol. The fourth-order valence-corrected chi connectivity index (χ4v) is 2.73. The summed E-state index contributed by atoms with van der Waals surface area (Å²) in [6.07, 6.45) is 2.13. The number of aromatic nitrogens is 5. The average molecular weight is 378 g/mol. The summed E-state index contributed by atoms with van der Waals surface area (Å²) in [5.41, 5.74) is 2.50. The van der Waals surface area contributed by atoms with Gasteiger partial charge in [0.1, 0.15) is 5.69 Å². The molecule has 138 valence electrons. The first kappa shape index (κ1) is 17.5. The van der Waals surface area contributed by atoms with E-state index in [4.69, 9.17) is 9.68 Å². The summed E-state index contributed by atoms with van der Waals surface area (Å²) in [4.78, 5) is 8.65. The molecule has 0 fully saturated rings. The van der Waals surface area contributed by atoms with Crippen LogP contribution in [0.5, 0.6) is 0 Å². The number of pyridine rings is 1. The Morgan fingerprint density at radius 1 is 1.11 bits per heavy atom. The molecule has 3 heterocycles. The van der Waals surface area contributed by atoms with E-state index >= 15 is 0 Å². The number of imidazole rings is 1. The predicted octanol–water partition coefficient (Wildman–Crippen LogP) is 3.85. The zero-order valence-corrected chi connectivity index (χ0v) is 14.3. The van der Waals surface area contributed by atoms with E-state index in [1.165, 1.54) is 6.20 Å². The van der Waals surface area contributed by atoms with Crippen molar-refractivity contribution in [1.82, 2.24) is 24.7 Å². The maximum absolute atomic E-state index is 12.7. The quantitative estimate of drug-likeness (QED) is 0.524. The summed E-state index contributed by atoms with van der Waals surface area (Å²) in [5, 5.41) is 16.0. The fraction of sp³-hybridized carbons (Fsp3) is 0.105. The Hall–Kier alpha value is -3.93. The molecule has 1 aromatic carbocycles. The van der Waals surface area contributed by atoms with Crippen molar-refractivity contribution in [3.8, 4) is 29.0 Å². The van der Waals surface area contributed by atoms with Gasteiger partial charge < -0.3 is 8.98 Å². The summed E-state index contributed by atoms with van der Waals surface area (Å²) in [6.45, 7) is 0.493. The van der Waals surface area contributed by atoms with Crippen LogP contribution in [0.4, 0.5) is 8.78 Å². The van der Waals surface area contributed by atoms with Gasteiger partial charge in [0.05, 0.1) is 11.6 Å². The van der Waals surface area contributed by atoms with E-state index in [2.05, 4.69) is 26.2 Å². The van der Waals surface area contributed by atoms with Crippen molar-refractivity contribution in [3.05, 3.63) is 72.0 Å². The molecular weight excluding hydrogens is 366 g/mol. The van der Waals surface area contributed by atoms with E-state index in [0.29, 0.717) is 29.2 Å². The molecular formula is C19H12F2N6O. The van der Waals surface area contributed by atoms with Crippen LogP contribution in [0.3, 0.4) is 0 Å². The Kier molecular flexibility index (Phi) is 4.60. The van der Waals surface area contributed by atoms with Gasteiger partial charge in [0.25, 0.3) is 5.89 Å². The molecule has 9 heteroatoms. The third-order valence-electron chi connectivity index (χ3n) is 3.99. The van der Waals surface area contributed by atoms with Crippen LogP contribution in [-0.4, -0.2) is 24.7 Å². The van der Waals surface area contributed by atoms with Crippen LogP contribution in [0, 0.1) is 11.3 Å². The van der Waals surface area contributed by atoms with Gasteiger partial charge in [-0.3, -0.25) is 4.98 Å². The molecule has 0 aliphatic rings. The number of rotatable bonds is 5. The third-order valence-corrected chi connectivity index (χ3v) is 3.99. The molecule has 0 spiro atoms. The maximum Gasteiger partial charge on any atom is 0.314 e. The van der Waals surface area contributed by atoms with E-state index in [0.717, 1.165) is 5.56 Å². The topological polar surface area (TPSA) is 93.4 Å². The molecule has 4 aromatic rings. The highest BCUT2D eigenvalue weighted by Crippen LogP contribution is 2.26. The predicted molar refractivity (Wildman–Crippen MR) is 94.0 cm³/mol. The molecule has 0 N–H and O–H groups in total. The van der Waals surface area contributed by atoms with Crippen LogP contribution in [0.2, 0.25) is 0 Å². The van der Waals surface area contributed by atoms with Gasteiger partial charge in [-0.2, -0.15) is 14.0 Å². The van der Waals surface area contributed by atoms with Gasteiger partial charge in [-0.15, -0.1) is 10.2 Å². The Morgan fingerprint density at radius 3 is 2.79 bits per heavy atom. The van der Waals surface area contributed by atoms with E-state index in [-0.39, 0.29) is 5.89 Å². The summed E-state index contributed by atoms with van der Waals surface area (Å²) in [7, 11) is 0. The molecule has 4 rings (SSSR count). The summed E-state index contributed by atoms with van der Waals surface area (Å²) in [5.74, 6) is -0.163. The number of hydrogen-bond acceptors (Lipinski definition) is 6. The lowest BCUT2D eigenvalue weighted by atomic mass is 10.1. The Morgan fingerprint density at radius 2 is 2.00 bits per heavy atom. The molecule has 28 heavy (non-hydrogen) atoms. The second-order valence-corrected chi connectivity index (χ2v) is 5.87. The van der Waals surface area contributed by atoms with Crippen LogP contribution in [0.25, 0.3) is 23.0 Å². The number of halogens is 2. The molecule has 0 saturated heterocycles. The lowest BCUT2D eigenvalue weighted by Gasteiger charge is -2.08. The van der Waals surface area contributed by atoms with Crippen molar-refractivity contribution in [2.75, 3.05) is 0 Å².